The summed E-state index contributed by atoms with van der Waals surface area (Å²) in [7, 11) is 0. The van der Waals surface area contributed by atoms with Crippen LogP contribution in [-0.4, -0.2) is 62.9 Å². The summed E-state index contributed by atoms with van der Waals surface area (Å²) in [5.74, 6) is 0.0485. The second-order valence-corrected chi connectivity index (χ2v) is 9.41. The number of nitrogens with two attached hydrogens (primary N) is 1. The Morgan fingerprint density at radius 1 is 1.03 bits per heavy atom. The average Bonchev–Trinajstić information content (AvgIpc) is 3.60. The fourth-order valence-corrected chi connectivity index (χ4v) is 5.45. The maximum atomic E-state index is 13.5. The van der Waals surface area contributed by atoms with Gasteiger partial charge in [0.25, 0.3) is 11.5 Å². The maximum Gasteiger partial charge on any atom is 0.276 e. The number of H-pyrrole nitrogens is 2. The third-order valence-electron chi connectivity index (χ3n) is 7.23. The molecule has 174 valence electrons. The highest BCUT2D eigenvalue weighted by Crippen LogP contribution is 2.32. The molecule has 0 unspecified atom stereocenters. The Hall–Kier alpha value is -3.65. The van der Waals surface area contributed by atoms with Gasteiger partial charge >= 0.3 is 0 Å². The SMILES string of the molecule is Nc1c(-c2nc3ccccc3[nH]c2=O)[nH]c2ccc(C(=O)N3CCC[C@@H]3CN3CCCC3)cc12. The molecule has 1 amide bonds. The zero-order valence-corrected chi connectivity index (χ0v) is 19.0. The predicted octanol–water partition coefficient (Wildman–Crippen LogP) is 3.35. The summed E-state index contributed by atoms with van der Waals surface area (Å²) >= 11 is 0. The van der Waals surface area contributed by atoms with Gasteiger partial charge in [-0.2, -0.15) is 0 Å². The van der Waals surface area contributed by atoms with Crippen LogP contribution in [0.25, 0.3) is 33.3 Å². The summed E-state index contributed by atoms with van der Waals surface area (Å²) in [6, 6.07) is 13.2. The van der Waals surface area contributed by atoms with E-state index in [2.05, 4.69) is 19.9 Å². The molecule has 4 N–H and O–H groups in total. The zero-order valence-electron chi connectivity index (χ0n) is 19.0. The molecule has 2 fully saturated rings. The molecular formula is C26H28N6O2. The van der Waals surface area contributed by atoms with E-state index in [1.54, 1.807) is 0 Å². The number of carbonyl (C=O) groups is 1. The van der Waals surface area contributed by atoms with Crippen LogP contribution in [0, 0.1) is 0 Å². The number of amides is 1. The molecule has 8 nitrogen and oxygen atoms in total. The minimum Gasteiger partial charge on any atom is -0.396 e. The molecule has 6 rings (SSSR count). The predicted molar refractivity (Wildman–Crippen MR) is 134 cm³/mol. The maximum absolute atomic E-state index is 13.5. The summed E-state index contributed by atoms with van der Waals surface area (Å²) < 4.78 is 0. The summed E-state index contributed by atoms with van der Waals surface area (Å²) in [6.07, 6.45) is 4.60. The van der Waals surface area contributed by atoms with E-state index in [1.807, 2.05) is 47.4 Å². The summed E-state index contributed by atoms with van der Waals surface area (Å²) in [4.78, 5) is 41.3. The second-order valence-electron chi connectivity index (χ2n) is 9.41. The van der Waals surface area contributed by atoms with Gasteiger partial charge in [0.05, 0.1) is 22.4 Å². The van der Waals surface area contributed by atoms with Crippen molar-refractivity contribution in [3.8, 4) is 11.4 Å². The van der Waals surface area contributed by atoms with E-state index in [0.717, 1.165) is 49.9 Å². The second kappa shape index (κ2) is 8.29. The lowest BCUT2D eigenvalue weighted by molar-refractivity contribution is 0.0709. The van der Waals surface area contributed by atoms with Crippen LogP contribution in [0.1, 0.15) is 36.0 Å². The lowest BCUT2D eigenvalue weighted by atomic mass is 10.1. The number of rotatable bonds is 4. The number of hydrogen-bond donors (Lipinski definition) is 3. The molecule has 0 radical (unpaired) electrons. The first kappa shape index (κ1) is 20.9. The largest absolute Gasteiger partial charge is 0.396 e. The molecule has 34 heavy (non-hydrogen) atoms. The van der Waals surface area contributed by atoms with Gasteiger partial charge in [-0.15, -0.1) is 0 Å². The molecule has 2 aliphatic rings. The van der Waals surface area contributed by atoms with Gasteiger partial charge in [-0.05, 0) is 69.1 Å². The lowest BCUT2D eigenvalue weighted by Crippen LogP contribution is -2.42. The summed E-state index contributed by atoms with van der Waals surface area (Å²) in [6.45, 7) is 4.02. The van der Waals surface area contributed by atoms with Gasteiger partial charge in [0.2, 0.25) is 0 Å². The van der Waals surface area contributed by atoms with Gasteiger partial charge in [-0.1, -0.05) is 12.1 Å². The number of para-hydroxylation sites is 2. The van der Waals surface area contributed by atoms with Gasteiger partial charge in [0.15, 0.2) is 5.69 Å². The molecule has 2 aromatic carbocycles. The number of nitrogen functional groups attached to an aromatic ring is 1. The highest BCUT2D eigenvalue weighted by molar-refractivity contribution is 6.04. The number of likely N-dealkylation sites (tertiary alicyclic amines) is 2. The van der Waals surface area contributed by atoms with Gasteiger partial charge in [-0.25, -0.2) is 4.98 Å². The van der Waals surface area contributed by atoms with Crippen LogP contribution in [0.3, 0.4) is 0 Å². The van der Waals surface area contributed by atoms with Crippen LogP contribution in [0.15, 0.2) is 47.3 Å². The Kier molecular flexibility index (Phi) is 5.10. The van der Waals surface area contributed by atoms with Crippen LogP contribution in [0.2, 0.25) is 0 Å². The molecule has 0 aliphatic carbocycles. The fraction of sp³-hybridized carbons (Fsp3) is 0.346. The number of benzene rings is 2. The van der Waals surface area contributed by atoms with Crippen molar-refractivity contribution in [1.82, 2.24) is 24.8 Å². The monoisotopic (exact) mass is 456 g/mol. The Balaban J connectivity index is 1.33. The smallest absolute Gasteiger partial charge is 0.276 e. The molecule has 2 aliphatic heterocycles. The van der Waals surface area contributed by atoms with E-state index >= 15 is 0 Å². The third kappa shape index (κ3) is 3.54. The lowest BCUT2D eigenvalue weighted by Gasteiger charge is -2.28. The Morgan fingerprint density at radius 3 is 2.71 bits per heavy atom. The minimum atomic E-state index is -0.310. The van der Waals surface area contributed by atoms with Crippen molar-refractivity contribution in [2.75, 3.05) is 31.9 Å². The zero-order chi connectivity index (χ0) is 23.2. The van der Waals surface area contributed by atoms with Crippen LogP contribution >= 0.6 is 0 Å². The standard InChI is InChI=1S/C26H28N6O2/c27-22-18-14-16(26(34)32-13-5-6-17(32)15-31-11-3-4-12-31)9-10-19(18)28-23(22)24-25(33)30-21-8-2-1-7-20(21)29-24/h1-2,7-10,14,17,28H,3-6,11-13,15,27H2,(H,30,33)/t17-/m1/s1. The van der Waals surface area contributed by atoms with Gasteiger partial charge in [0.1, 0.15) is 0 Å². The van der Waals surface area contributed by atoms with Crippen molar-refractivity contribution >= 4 is 33.5 Å². The molecule has 0 bridgehead atoms. The van der Waals surface area contributed by atoms with Gasteiger partial charge in [0, 0.05) is 35.6 Å². The van der Waals surface area contributed by atoms with Crippen molar-refractivity contribution in [1.29, 1.82) is 0 Å². The number of nitrogens with one attached hydrogen (secondary N) is 2. The van der Waals surface area contributed by atoms with Crippen molar-refractivity contribution < 1.29 is 4.79 Å². The first-order valence-electron chi connectivity index (χ1n) is 12.0. The highest BCUT2D eigenvalue weighted by Gasteiger charge is 2.31. The van der Waals surface area contributed by atoms with E-state index in [-0.39, 0.29) is 23.2 Å². The number of hydrogen-bond acceptors (Lipinski definition) is 5. The number of anilines is 1. The Bertz CT molecular complexity index is 1450. The number of aromatic amines is 2. The van der Waals surface area contributed by atoms with E-state index in [4.69, 9.17) is 5.73 Å². The normalized spacial score (nSPS) is 18.9. The quantitative estimate of drug-likeness (QED) is 0.436. The highest BCUT2D eigenvalue weighted by atomic mass is 16.2. The van der Waals surface area contributed by atoms with Crippen LogP contribution in [0.4, 0.5) is 5.69 Å². The van der Waals surface area contributed by atoms with Crippen LogP contribution in [0.5, 0.6) is 0 Å². The topological polar surface area (TPSA) is 111 Å². The van der Waals surface area contributed by atoms with Crippen molar-refractivity contribution in [3.63, 3.8) is 0 Å². The number of fused-ring (bicyclic) bond motifs is 2. The van der Waals surface area contributed by atoms with E-state index in [9.17, 15) is 9.59 Å². The van der Waals surface area contributed by atoms with E-state index in [1.165, 1.54) is 12.8 Å². The molecule has 2 saturated heterocycles. The molecule has 8 heteroatoms. The average molecular weight is 457 g/mol. The summed E-state index contributed by atoms with van der Waals surface area (Å²) in [5.41, 5.74) is 10.1. The van der Waals surface area contributed by atoms with E-state index in [0.29, 0.717) is 28.0 Å². The molecule has 2 aromatic heterocycles. The molecule has 0 saturated carbocycles. The third-order valence-corrected chi connectivity index (χ3v) is 7.23. The number of nitrogens with zero attached hydrogens (tertiary/aromatic N) is 3. The molecule has 0 spiro atoms. The first-order chi connectivity index (χ1) is 16.6. The van der Waals surface area contributed by atoms with Gasteiger partial charge < -0.3 is 25.5 Å². The number of carbonyl (C=O) groups excluding carboxylic acids is 1. The van der Waals surface area contributed by atoms with Crippen LogP contribution < -0.4 is 11.3 Å². The Labute approximate surface area is 196 Å². The number of aromatic nitrogens is 3. The first-order valence-corrected chi connectivity index (χ1v) is 12.0. The molecule has 1 atom stereocenters. The van der Waals surface area contributed by atoms with Gasteiger partial charge in [-0.3, -0.25) is 9.59 Å². The van der Waals surface area contributed by atoms with E-state index < -0.39 is 0 Å². The molecule has 4 heterocycles. The minimum absolute atomic E-state index is 0.0485. The fourth-order valence-electron chi connectivity index (χ4n) is 5.45. The van der Waals surface area contributed by atoms with Crippen molar-refractivity contribution in [2.24, 2.45) is 0 Å². The molecular weight excluding hydrogens is 428 g/mol. The van der Waals surface area contributed by atoms with Crippen LogP contribution in [-0.2, 0) is 0 Å². The van der Waals surface area contributed by atoms with Crippen molar-refractivity contribution in [2.45, 2.75) is 31.7 Å². The van der Waals surface area contributed by atoms with Crippen molar-refractivity contribution in [3.05, 3.63) is 58.4 Å². The molecule has 4 aromatic rings. The Morgan fingerprint density at radius 2 is 1.85 bits per heavy atom. The summed E-state index contributed by atoms with van der Waals surface area (Å²) in [5, 5.41) is 0.727.